The van der Waals surface area contributed by atoms with Gasteiger partial charge in [-0.3, -0.25) is 0 Å². The highest BCUT2D eigenvalue weighted by atomic mass is 16.5. The molecule has 2 rings (SSSR count). The molecule has 3 heteroatoms. The normalized spacial score (nSPS) is 18.1. The summed E-state index contributed by atoms with van der Waals surface area (Å²) in [7, 11) is 1.82. The molecule has 1 fully saturated rings. The van der Waals surface area contributed by atoms with Crippen molar-refractivity contribution in [2.45, 2.75) is 38.8 Å². The first-order valence-electron chi connectivity index (χ1n) is 7.29. The van der Waals surface area contributed by atoms with E-state index >= 15 is 0 Å². The summed E-state index contributed by atoms with van der Waals surface area (Å²) in [6, 6.07) is 8.50. The fourth-order valence-electron chi connectivity index (χ4n) is 2.67. The van der Waals surface area contributed by atoms with Crippen LogP contribution < -0.4 is 10.1 Å². The summed E-state index contributed by atoms with van der Waals surface area (Å²) in [5, 5.41) is 3.57. The Morgan fingerprint density at radius 2 is 2.00 bits per heavy atom. The third kappa shape index (κ3) is 3.48. The van der Waals surface area contributed by atoms with E-state index in [1.54, 1.807) is 0 Å². The molecule has 1 aromatic rings. The van der Waals surface area contributed by atoms with E-state index in [9.17, 15) is 0 Å². The molecule has 0 heterocycles. The van der Waals surface area contributed by atoms with Crippen molar-refractivity contribution in [3.8, 4) is 5.75 Å². The fraction of sp³-hybridized carbons (Fsp3) is 0.625. The number of methoxy groups -OCH3 is 1. The zero-order valence-electron chi connectivity index (χ0n) is 12.2. The summed E-state index contributed by atoms with van der Waals surface area (Å²) >= 11 is 0. The predicted octanol–water partition coefficient (Wildman–Crippen LogP) is 3.16. The van der Waals surface area contributed by atoms with Gasteiger partial charge in [0.05, 0.1) is 18.8 Å². The first kappa shape index (κ1) is 14.4. The largest absolute Gasteiger partial charge is 0.494 e. The average molecular weight is 263 g/mol. The van der Waals surface area contributed by atoms with Crippen LogP contribution in [0.3, 0.4) is 0 Å². The third-order valence-corrected chi connectivity index (χ3v) is 3.67. The van der Waals surface area contributed by atoms with Gasteiger partial charge in [0.15, 0.2) is 0 Å². The molecule has 106 valence electrons. The molecular formula is C16H25NO2. The van der Waals surface area contributed by atoms with E-state index in [2.05, 4.69) is 24.4 Å². The minimum absolute atomic E-state index is 0.213. The van der Waals surface area contributed by atoms with Crippen molar-refractivity contribution < 1.29 is 9.47 Å². The molecule has 0 saturated heterocycles. The SMILES string of the molecule is CCNC(c1ccccc1OCC)C(OC)C1CC1. The molecule has 1 saturated carbocycles. The summed E-state index contributed by atoms with van der Waals surface area (Å²) in [5.74, 6) is 1.65. The second-order valence-corrected chi connectivity index (χ2v) is 5.04. The molecule has 0 aromatic heterocycles. The van der Waals surface area contributed by atoms with Crippen molar-refractivity contribution in [1.82, 2.24) is 5.32 Å². The van der Waals surface area contributed by atoms with Crippen LogP contribution in [-0.4, -0.2) is 26.4 Å². The number of para-hydroxylation sites is 1. The van der Waals surface area contributed by atoms with Crippen molar-refractivity contribution in [1.29, 1.82) is 0 Å². The van der Waals surface area contributed by atoms with Crippen LogP contribution in [0.4, 0.5) is 0 Å². The van der Waals surface area contributed by atoms with Gasteiger partial charge in [0.2, 0.25) is 0 Å². The Morgan fingerprint density at radius 1 is 1.26 bits per heavy atom. The second-order valence-electron chi connectivity index (χ2n) is 5.04. The summed E-state index contributed by atoms with van der Waals surface area (Å²) in [6.45, 7) is 5.78. The lowest BCUT2D eigenvalue weighted by Crippen LogP contribution is -2.35. The van der Waals surface area contributed by atoms with Crippen molar-refractivity contribution in [3.05, 3.63) is 29.8 Å². The number of nitrogens with one attached hydrogen (secondary N) is 1. The Balaban J connectivity index is 2.26. The first-order chi connectivity index (χ1) is 9.31. The highest BCUT2D eigenvalue weighted by Crippen LogP contribution is 2.41. The molecule has 3 nitrogen and oxygen atoms in total. The van der Waals surface area contributed by atoms with E-state index in [1.165, 1.54) is 18.4 Å². The maximum atomic E-state index is 5.76. The van der Waals surface area contributed by atoms with Crippen LogP contribution in [-0.2, 0) is 4.74 Å². The van der Waals surface area contributed by atoms with E-state index in [-0.39, 0.29) is 12.1 Å². The minimum Gasteiger partial charge on any atom is -0.494 e. The van der Waals surface area contributed by atoms with Crippen LogP contribution in [0.1, 0.15) is 38.3 Å². The molecule has 1 aromatic carbocycles. The summed E-state index contributed by atoms with van der Waals surface area (Å²) < 4.78 is 11.5. The Bertz CT molecular complexity index is 390. The quantitative estimate of drug-likeness (QED) is 0.781. The number of rotatable bonds is 8. The molecule has 2 atom stereocenters. The van der Waals surface area contributed by atoms with Gasteiger partial charge in [0, 0.05) is 12.7 Å². The van der Waals surface area contributed by atoms with E-state index < -0.39 is 0 Å². The van der Waals surface area contributed by atoms with Crippen molar-refractivity contribution >= 4 is 0 Å². The zero-order chi connectivity index (χ0) is 13.7. The van der Waals surface area contributed by atoms with Crippen LogP contribution in [0.25, 0.3) is 0 Å². The molecule has 0 amide bonds. The first-order valence-corrected chi connectivity index (χ1v) is 7.29. The van der Waals surface area contributed by atoms with Gasteiger partial charge in [-0.1, -0.05) is 25.1 Å². The van der Waals surface area contributed by atoms with Crippen LogP contribution in [0, 0.1) is 5.92 Å². The molecule has 2 unspecified atom stereocenters. The Morgan fingerprint density at radius 3 is 2.58 bits per heavy atom. The van der Waals surface area contributed by atoms with E-state index in [0.717, 1.165) is 12.3 Å². The Hall–Kier alpha value is -1.06. The van der Waals surface area contributed by atoms with Gasteiger partial charge < -0.3 is 14.8 Å². The van der Waals surface area contributed by atoms with Crippen LogP contribution >= 0.6 is 0 Å². The molecule has 1 N–H and O–H groups in total. The van der Waals surface area contributed by atoms with E-state index in [4.69, 9.17) is 9.47 Å². The molecule has 1 aliphatic carbocycles. The molecular weight excluding hydrogens is 238 g/mol. The predicted molar refractivity (Wildman–Crippen MR) is 77.5 cm³/mol. The number of ether oxygens (including phenoxy) is 2. The molecule has 0 radical (unpaired) electrons. The number of benzene rings is 1. The highest BCUT2D eigenvalue weighted by molar-refractivity contribution is 5.37. The molecule has 0 bridgehead atoms. The third-order valence-electron chi connectivity index (χ3n) is 3.67. The van der Waals surface area contributed by atoms with Gasteiger partial charge in [-0.25, -0.2) is 0 Å². The molecule has 0 aliphatic heterocycles. The minimum atomic E-state index is 0.213. The summed E-state index contributed by atoms with van der Waals surface area (Å²) in [5.41, 5.74) is 1.21. The lowest BCUT2D eigenvalue weighted by molar-refractivity contribution is 0.0502. The maximum Gasteiger partial charge on any atom is 0.124 e. The lowest BCUT2D eigenvalue weighted by Gasteiger charge is -2.28. The van der Waals surface area contributed by atoms with Gasteiger partial charge in [0.1, 0.15) is 5.75 Å². The lowest BCUT2D eigenvalue weighted by atomic mass is 9.97. The Kier molecular flexibility index (Phi) is 5.23. The smallest absolute Gasteiger partial charge is 0.124 e. The zero-order valence-corrected chi connectivity index (χ0v) is 12.2. The van der Waals surface area contributed by atoms with Gasteiger partial charge >= 0.3 is 0 Å². The monoisotopic (exact) mass is 263 g/mol. The van der Waals surface area contributed by atoms with Crippen LogP contribution in [0.15, 0.2) is 24.3 Å². The Labute approximate surface area is 116 Å². The fourth-order valence-corrected chi connectivity index (χ4v) is 2.67. The standard InChI is InChI=1S/C16H25NO2/c1-4-17-15(16(18-3)12-10-11-12)13-8-6-7-9-14(13)19-5-2/h6-9,12,15-17H,4-5,10-11H2,1-3H3. The van der Waals surface area contributed by atoms with Crippen molar-refractivity contribution in [2.75, 3.05) is 20.3 Å². The topological polar surface area (TPSA) is 30.5 Å². The highest BCUT2D eigenvalue weighted by Gasteiger charge is 2.38. The van der Waals surface area contributed by atoms with Gasteiger partial charge in [-0.05, 0) is 38.3 Å². The number of likely N-dealkylation sites (N-methyl/N-ethyl adjacent to an activating group) is 1. The van der Waals surface area contributed by atoms with Gasteiger partial charge in [-0.15, -0.1) is 0 Å². The maximum absolute atomic E-state index is 5.76. The van der Waals surface area contributed by atoms with Crippen LogP contribution in [0.5, 0.6) is 5.75 Å². The van der Waals surface area contributed by atoms with Crippen molar-refractivity contribution in [2.24, 2.45) is 5.92 Å². The second kappa shape index (κ2) is 6.92. The summed E-state index contributed by atoms with van der Waals surface area (Å²) in [4.78, 5) is 0. The van der Waals surface area contributed by atoms with E-state index in [0.29, 0.717) is 12.5 Å². The van der Waals surface area contributed by atoms with Crippen molar-refractivity contribution in [3.63, 3.8) is 0 Å². The van der Waals surface area contributed by atoms with E-state index in [1.807, 2.05) is 26.2 Å². The van der Waals surface area contributed by atoms with Gasteiger partial charge in [-0.2, -0.15) is 0 Å². The average Bonchev–Trinajstić information content (AvgIpc) is 3.24. The number of hydrogen-bond acceptors (Lipinski definition) is 3. The van der Waals surface area contributed by atoms with Crippen LogP contribution in [0.2, 0.25) is 0 Å². The molecule has 1 aliphatic rings. The van der Waals surface area contributed by atoms with Gasteiger partial charge in [0.25, 0.3) is 0 Å². The molecule has 19 heavy (non-hydrogen) atoms. The number of hydrogen-bond donors (Lipinski definition) is 1. The molecule has 0 spiro atoms. The summed E-state index contributed by atoms with van der Waals surface area (Å²) in [6.07, 6.45) is 2.79.